The molecule has 2 aliphatic rings. The fraction of sp³-hybridized carbons (Fsp3) is 0.579. The molecule has 0 aliphatic carbocycles. The maximum absolute atomic E-state index is 12.4. The summed E-state index contributed by atoms with van der Waals surface area (Å²) in [5, 5.41) is 3.43. The van der Waals surface area contributed by atoms with Gasteiger partial charge in [0.1, 0.15) is 6.10 Å². The summed E-state index contributed by atoms with van der Waals surface area (Å²) in [6, 6.07) is 8.47. The number of hydrogen-bond acceptors (Lipinski definition) is 3. The molecular formula is C19H28N4O2. The highest BCUT2D eigenvalue weighted by Crippen LogP contribution is 2.16. The van der Waals surface area contributed by atoms with Crippen molar-refractivity contribution in [2.75, 3.05) is 39.8 Å². The van der Waals surface area contributed by atoms with E-state index in [4.69, 9.17) is 4.74 Å². The van der Waals surface area contributed by atoms with Gasteiger partial charge in [0.05, 0.1) is 0 Å². The fourth-order valence-electron chi connectivity index (χ4n) is 3.45. The number of hydrogen-bond donors (Lipinski definition) is 1. The molecule has 1 aromatic rings. The Morgan fingerprint density at radius 2 is 2.04 bits per heavy atom. The molecule has 6 heteroatoms. The lowest BCUT2D eigenvalue weighted by molar-refractivity contribution is -0.142. The molecule has 1 atom stereocenters. The number of aryl methyl sites for hydroxylation is 1. The Morgan fingerprint density at radius 3 is 2.68 bits per heavy atom. The molecule has 0 spiro atoms. The maximum atomic E-state index is 12.4. The van der Waals surface area contributed by atoms with Crippen molar-refractivity contribution in [2.24, 2.45) is 4.99 Å². The molecule has 2 fully saturated rings. The lowest BCUT2D eigenvalue weighted by atomic mass is 10.1. The molecule has 25 heavy (non-hydrogen) atoms. The van der Waals surface area contributed by atoms with Crippen LogP contribution in [0.2, 0.25) is 0 Å². The molecule has 1 amide bonds. The topological polar surface area (TPSA) is 57.2 Å². The highest BCUT2D eigenvalue weighted by molar-refractivity contribution is 5.82. The molecule has 1 unspecified atom stereocenters. The summed E-state index contributed by atoms with van der Waals surface area (Å²) in [5.41, 5.74) is 2.50. The van der Waals surface area contributed by atoms with Crippen LogP contribution in [0, 0.1) is 6.92 Å². The normalized spacial score (nSPS) is 21.5. The third-order valence-electron chi connectivity index (χ3n) is 4.84. The van der Waals surface area contributed by atoms with Crippen LogP contribution < -0.4 is 5.32 Å². The number of piperazine rings is 1. The van der Waals surface area contributed by atoms with Crippen LogP contribution in [0.5, 0.6) is 0 Å². The molecule has 2 saturated heterocycles. The van der Waals surface area contributed by atoms with E-state index >= 15 is 0 Å². The van der Waals surface area contributed by atoms with E-state index in [2.05, 4.69) is 46.4 Å². The number of amides is 1. The van der Waals surface area contributed by atoms with Gasteiger partial charge in [0.25, 0.3) is 5.91 Å². The monoisotopic (exact) mass is 344 g/mol. The van der Waals surface area contributed by atoms with Gasteiger partial charge in [0, 0.05) is 46.4 Å². The maximum Gasteiger partial charge on any atom is 0.251 e. The number of nitrogens with zero attached hydrogens (tertiary/aromatic N) is 3. The van der Waals surface area contributed by atoms with Crippen LogP contribution >= 0.6 is 0 Å². The number of carbonyl (C=O) groups excluding carboxylic acids is 1. The van der Waals surface area contributed by atoms with E-state index < -0.39 is 0 Å². The zero-order valence-electron chi connectivity index (χ0n) is 15.2. The largest absolute Gasteiger partial charge is 0.368 e. The smallest absolute Gasteiger partial charge is 0.251 e. The molecule has 3 rings (SSSR count). The average molecular weight is 344 g/mol. The minimum atomic E-state index is -0.217. The molecule has 0 bridgehead atoms. The van der Waals surface area contributed by atoms with Gasteiger partial charge in [-0.2, -0.15) is 0 Å². The van der Waals surface area contributed by atoms with Crippen LogP contribution in [0.1, 0.15) is 24.0 Å². The molecule has 2 aliphatic heterocycles. The standard InChI is InChI=1S/C19H28N4O2/c1-15-5-3-6-16(13-15)14-21-19(20-2)23-10-8-22(9-11-23)18(24)17-7-4-12-25-17/h3,5-6,13,17H,4,7-12,14H2,1-2H3,(H,20,21). The van der Waals surface area contributed by atoms with Crippen LogP contribution in [0.25, 0.3) is 0 Å². The first kappa shape index (κ1) is 17.7. The quantitative estimate of drug-likeness (QED) is 0.665. The summed E-state index contributed by atoms with van der Waals surface area (Å²) in [4.78, 5) is 21.0. The first-order chi connectivity index (χ1) is 12.2. The minimum Gasteiger partial charge on any atom is -0.368 e. The molecule has 136 valence electrons. The van der Waals surface area contributed by atoms with E-state index in [9.17, 15) is 4.79 Å². The molecule has 0 radical (unpaired) electrons. The summed E-state index contributed by atoms with van der Waals surface area (Å²) in [7, 11) is 1.81. The van der Waals surface area contributed by atoms with E-state index in [1.165, 1.54) is 11.1 Å². The lowest BCUT2D eigenvalue weighted by Gasteiger charge is -2.37. The van der Waals surface area contributed by atoms with E-state index in [1.54, 1.807) is 0 Å². The summed E-state index contributed by atoms with van der Waals surface area (Å²) < 4.78 is 5.52. The van der Waals surface area contributed by atoms with Crippen LogP contribution in [-0.4, -0.2) is 67.6 Å². The highest BCUT2D eigenvalue weighted by Gasteiger charge is 2.30. The third kappa shape index (κ3) is 4.51. The molecule has 6 nitrogen and oxygen atoms in total. The second kappa shape index (κ2) is 8.34. The third-order valence-corrected chi connectivity index (χ3v) is 4.84. The van der Waals surface area contributed by atoms with Crippen molar-refractivity contribution in [3.8, 4) is 0 Å². The average Bonchev–Trinajstić information content (AvgIpc) is 3.17. The highest BCUT2D eigenvalue weighted by atomic mass is 16.5. The zero-order chi connectivity index (χ0) is 17.6. The molecular weight excluding hydrogens is 316 g/mol. The van der Waals surface area contributed by atoms with Crippen LogP contribution in [-0.2, 0) is 16.1 Å². The lowest BCUT2D eigenvalue weighted by Crippen LogP contribution is -2.55. The number of ether oxygens (including phenoxy) is 1. The summed E-state index contributed by atoms with van der Waals surface area (Å²) >= 11 is 0. The van der Waals surface area contributed by atoms with Crippen LogP contribution in [0.4, 0.5) is 0 Å². The minimum absolute atomic E-state index is 0.153. The van der Waals surface area contributed by atoms with Crippen molar-refractivity contribution in [1.29, 1.82) is 0 Å². The van der Waals surface area contributed by atoms with Crippen molar-refractivity contribution >= 4 is 11.9 Å². The summed E-state index contributed by atoms with van der Waals surface area (Å²) in [6.07, 6.45) is 1.63. The fourth-order valence-corrected chi connectivity index (χ4v) is 3.45. The van der Waals surface area contributed by atoms with Crippen molar-refractivity contribution in [3.63, 3.8) is 0 Å². The number of aliphatic imine (C=N–C) groups is 1. The number of benzene rings is 1. The predicted molar refractivity (Wildman–Crippen MR) is 98.5 cm³/mol. The van der Waals surface area contributed by atoms with E-state index in [0.717, 1.165) is 51.5 Å². The van der Waals surface area contributed by atoms with Gasteiger partial charge in [-0.1, -0.05) is 29.8 Å². The number of rotatable bonds is 3. The molecule has 0 saturated carbocycles. The summed E-state index contributed by atoms with van der Waals surface area (Å²) in [5.74, 6) is 1.05. The van der Waals surface area contributed by atoms with Gasteiger partial charge in [0.2, 0.25) is 0 Å². The second-order valence-electron chi connectivity index (χ2n) is 6.70. The number of guanidine groups is 1. The zero-order valence-corrected chi connectivity index (χ0v) is 15.2. The van der Waals surface area contributed by atoms with Gasteiger partial charge >= 0.3 is 0 Å². The Bertz CT molecular complexity index is 618. The van der Waals surface area contributed by atoms with Gasteiger partial charge in [0.15, 0.2) is 5.96 Å². The Balaban J connectivity index is 1.49. The van der Waals surface area contributed by atoms with Crippen molar-refractivity contribution in [2.45, 2.75) is 32.4 Å². The molecule has 0 aromatic heterocycles. The van der Waals surface area contributed by atoms with Gasteiger partial charge < -0.3 is 19.9 Å². The summed E-state index contributed by atoms with van der Waals surface area (Å²) in [6.45, 7) is 6.61. The van der Waals surface area contributed by atoms with Gasteiger partial charge in [-0.05, 0) is 25.3 Å². The Hall–Kier alpha value is -2.08. The van der Waals surface area contributed by atoms with Crippen molar-refractivity contribution < 1.29 is 9.53 Å². The van der Waals surface area contributed by atoms with Crippen LogP contribution in [0.15, 0.2) is 29.3 Å². The number of nitrogens with one attached hydrogen (secondary N) is 1. The van der Waals surface area contributed by atoms with E-state index in [0.29, 0.717) is 6.61 Å². The first-order valence-electron chi connectivity index (χ1n) is 9.09. The van der Waals surface area contributed by atoms with E-state index in [1.807, 2.05) is 11.9 Å². The first-order valence-corrected chi connectivity index (χ1v) is 9.09. The molecule has 1 aromatic carbocycles. The van der Waals surface area contributed by atoms with Gasteiger partial charge in [-0.3, -0.25) is 9.79 Å². The molecule has 1 N–H and O–H groups in total. The van der Waals surface area contributed by atoms with Gasteiger partial charge in [-0.15, -0.1) is 0 Å². The van der Waals surface area contributed by atoms with E-state index in [-0.39, 0.29) is 12.0 Å². The SMILES string of the molecule is CN=C(NCc1cccc(C)c1)N1CCN(C(=O)C2CCCO2)CC1. The second-order valence-corrected chi connectivity index (χ2v) is 6.70. The Labute approximate surface area is 149 Å². The Morgan fingerprint density at radius 1 is 1.28 bits per heavy atom. The van der Waals surface area contributed by atoms with Gasteiger partial charge in [-0.25, -0.2) is 0 Å². The van der Waals surface area contributed by atoms with Crippen LogP contribution in [0.3, 0.4) is 0 Å². The Kier molecular flexibility index (Phi) is 5.91. The van der Waals surface area contributed by atoms with Crippen molar-refractivity contribution in [1.82, 2.24) is 15.1 Å². The molecule has 2 heterocycles. The van der Waals surface area contributed by atoms with Crippen molar-refractivity contribution in [3.05, 3.63) is 35.4 Å². The number of carbonyl (C=O) groups is 1. The predicted octanol–water partition coefficient (Wildman–Crippen LogP) is 1.39.